The van der Waals surface area contributed by atoms with Crippen LogP contribution in [0.1, 0.15) is 12.5 Å². The number of hydrogen-bond donors (Lipinski definition) is 0. The van der Waals surface area contributed by atoms with E-state index in [1.807, 2.05) is 12.1 Å². The first-order chi connectivity index (χ1) is 10.7. The van der Waals surface area contributed by atoms with Gasteiger partial charge in [-0.3, -0.25) is 5.01 Å². The SMILES string of the molecule is CC(=NN1CCN(c2ccccc2)CC1)c1cccc(Br)c1. The van der Waals surface area contributed by atoms with Crippen LogP contribution < -0.4 is 4.90 Å². The second-order valence-electron chi connectivity index (χ2n) is 5.47. The molecule has 0 atom stereocenters. The molecule has 114 valence electrons. The lowest BCUT2D eigenvalue weighted by atomic mass is 10.1. The molecule has 3 nitrogen and oxygen atoms in total. The Kier molecular flexibility index (Phi) is 4.78. The van der Waals surface area contributed by atoms with E-state index in [1.165, 1.54) is 11.3 Å². The molecule has 3 rings (SSSR count). The van der Waals surface area contributed by atoms with Crippen molar-refractivity contribution in [3.8, 4) is 0 Å². The van der Waals surface area contributed by atoms with Crippen molar-refractivity contribution in [3.63, 3.8) is 0 Å². The molecule has 22 heavy (non-hydrogen) atoms. The van der Waals surface area contributed by atoms with Crippen LogP contribution in [-0.4, -0.2) is 36.9 Å². The summed E-state index contributed by atoms with van der Waals surface area (Å²) in [6.07, 6.45) is 0. The molecule has 2 aromatic rings. The summed E-state index contributed by atoms with van der Waals surface area (Å²) >= 11 is 3.51. The van der Waals surface area contributed by atoms with Crippen LogP contribution in [0, 0.1) is 0 Å². The molecule has 0 aliphatic carbocycles. The average molecular weight is 358 g/mol. The standard InChI is InChI=1S/C18H20BrN3/c1-15(16-6-5-7-17(19)14-16)20-22-12-10-21(11-13-22)18-8-3-2-4-9-18/h2-9,14H,10-13H2,1H3. The molecule has 0 N–H and O–H groups in total. The molecule has 0 saturated carbocycles. The van der Waals surface area contributed by atoms with E-state index < -0.39 is 0 Å². The highest BCUT2D eigenvalue weighted by Crippen LogP contribution is 2.17. The fraction of sp³-hybridized carbons (Fsp3) is 0.278. The van der Waals surface area contributed by atoms with Gasteiger partial charge in [0.25, 0.3) is 0 Å². The Morgan fingerprint density at radius 1 is 0.955 bits per heavy atom. The molecule has 0 bridgehead atoms. The minimum atomic E-state index is 0.959. The fourth-order valence-corrected chi connectivity index (χ4v) is 3.08. The first-order valence-corrected chi connectivity index (χ1v) is 8.38. The zero-order chi connectivity index (χ0) is 15.4. The van der Waals surface area contributed by atoms with Crippen LogP contribution in [0.4, 0.5) is 5.69 Å². The van der Waals surface area contributed by atoms with Crippen LogP contribution in [0.2, 0.25) is 0 Å². The minimum Gasteiger partial charge on any atom is -0.368 e. The third kappa shape index (κ3) is 3.69. The van der Waals surface area contributed by atoms with Crippen LogP contribution in [0.15, 0.2) is 64.2 Å². The summed E-state index contributed by atoms with van der Waals surface area (Å²) in [5.41, 5.74) is 3.53. The monoisotopic (exact) mass is 357 g/mol. The van der Waals surface area contributed by atoms with Crippen molar-refractivity contribution in [1.82, 2.24) is 5.01 Å². The summed E-state index contributed by atoms with van der Waals surface area (Å²) in [7, 11) is 0. The average Bonchev–Trinajstić information content (AvgIpc) is 2.56. The second kappa shape index (κ2) is 6.97. The molecule has 1 aliphatic rings. The van der Waals surface area contributed by atoms with Gasteiger partial charge in [-0.1, -0.05) is 46.3 Å². The van der Waals surface area contributed by atoms with Crippen LogP contribution in [-0.2, 0) is 0 Å². The Bertz CT molecular complexity index is 646. The maximum Gasteiger partial charge on any atom is 0.0647 e. The van der Waals surface area contributed by atoms with Gasteiger partial charge in [0.15, 0.2) is 0 Å². The third-order valence-electron chi connectivity index (χ3n) is 3.91. The summed E-state index contributed by atoms with van der Waals surface area (Å²) in [5, 5.41) is 6.95. The maximum absolute atomic E-state index is 4.78. The summed E-state index contributed by atoms with van der Waals surface area (Å²) in [6.45, 7) is 6.02. The van der Waals surface area contributed by atoms with Gasteiger partial charge >= 0.3 is 0 Å². The van der Waals surface area contributed by atoms with Crippen LogP contribution in [0.25, 0.3) is 0 Å². The Morgan fingerprint density at radius 2 is 1.68 bits per heavy atom. The van der Waals surface area contributed by atoms with Gasteiger partial charge in [0.1, 0.15) is 0 Å². The predicted octanol–water partition coefficient (Wildman–Crippen LogP) is 4.00. The molecule has 0 amide bonds. The lowest BCUT2D eigenvalue weighted by Crippen LogP contribution is -2.44. The lowest BCUT2D eigenvalue weighted by Gasteiger charge is -2.34. The topological polar surface area (TPSA) is 18.8 Å². The number of anilines is 1. The van der Waals surface area contributed by atoms with Crippen molar-refractivity contribution in [2.45, 2.75) is 6.92 Å². The largest absolute Gasteiger partial charge is 0.368 e. The lowest BCUT2D eigenvalue weighted by molar-refractivity contribution is 0.270. The third-order valence-corrected chi connectivity index (χ3v) is 4.40. The Labute approximate surface area is 140 Å². The van der Waals surface area contributed by atoms with Crippen molar-refractivity contribution in [2.24, 2.45) is 5.10 Å². The van der Waals surface area contributed by atoms with E-state index in [-0.39, 0.29) is 0 Å². The highest BCUT2D eigenvalue weighted by atomic mass is 79.9. The van der Waals surface area contributed by atoms with E-state index in [0.717, 1.165) is 36.4 Å². The number of hydrazone groups is 1. The quantitative estimate of drug-likeness (QED) is 0.773. The van der Waals surface area contributed by atoms with E-state index >= 15 is 0 Å². The van der Waals surface area contributed by atoms with E-state index in [9.17, 15) is 0 Å². The molecule has 1 saturated heterocycles. The molecule has 0 aromatic heterocycles. The first-order valence-electron chi connectivity index (χ1n) is 7.58. The second-order valence-corrected chi connectivity index (χ2v) is 6.39. The van der Waals surface area contributed by atoms with Crippen LogP contribution in [0.3, 0.4) is 0 Å². The van der Waals surface area contributed by atoms with Crippen LogP contribution >= 0.6 is 15.9 Å². The normalized spacial score (nSPS) is 16.0. The molecule has 2 aromatic carbocycles. The number of para-hydroxylation sites is 1. The predicted molar refractivity (Wildman–Crippen MR) is 96.6 cm³/mol. The van der Waals surface area contributed by atoms with Gasteiger partial charge < -0.3 is 4.90 Å². The molecular weight excluding hydrogens is 338 g/mol. The number of rotatable bonds is 3. The van der Waals surface area contributed by atoms with Crippen LogP contribution in [0.5, 0.6) is 0 Å². The number of hydrogen-bond acceptors (Lipinski definition) is 3. The molecule has 1 fully saturated rings. The maximum atomic E-state index is 4.78. The highest BCUT2D eigenvalue weighted by Gasteiger charge is 2.16. The molecule has 0 unspecified atom stereocenters. The summed E-state index contributed by atoms with van der Waals surface area (Å²) in [6, 6.07) is 18.9. The number of benzene rings is 2. The Morgan fingerprint density at radius 3 is 2.36 bits per heavy atom. The minimum absolute atomic E-state index is 0.959. The molecule has 0 radical (unpaired) electrons. The van der Waals surface area contributed by atoms with Gasteiger partial charge in [0.05, 0.1) is 18.8 Å². The zero-order valence-electron chi connectivity index (χ0n) is 12.7. The van der Waals surface area contributed by atoms with Crippen molar-refractivity contribution < 1.29 is 0 Å². The molecule has 4 heteroatoms. The van der Waals surface area contributed by atoms with Crippen molar-refractivity contribution in [2.75, 3.05) is 31.1 Å². The van der Waals surface area contributed by atoms with Gasteiger partial charge in [-0.05, 0) is 36.8 Å². The molecular formula is C18H20BrN3. The Hall–Kier alpha value is -1.81. The van der Waals surface area contributed by atoms with Gasteiger partial charge in [0, 0.05) is 23.2 Å². The number of halogens is 1. The van der Waals surface area contributed by atoms with E-state index in [0.29, 0.717) is 0 Å². The van der Waals surface area contributed by atoms with Gasteiger partial charge in [-0.25, -0.2) is 0 Å². The van der Waals surface area contributed by atoms with E-state index in [2.05, 4.69) is 75.2 Å². The summed E-state index contributed by atoms with van der Waals surface area (Å²) in [5.74, 6) is 0. The molecule has 1 heterocycles. The summed E-state index contributed by atoms with van der Waals surface area (Å²) < 4.78 is 1.09. The number of piperazine rings is 1. The van der Waals surface area contributed by atoms with Gasteiger partial charge in [0.2, 0.25) is 0 Å². The highest BCUT2D eigenvalue weighted by molar-refractivity contribution is 9.10. The van der Waals surface area contributed by atoms with Crippen molar-refractivity contribution in [3.05, 3.63) is 64.6 Å². The van der Waals surface area contributed by atoms with Crippen molar-refractivity contribution >= 4 is 27.3 Å². The number of nitrogens with zero attached hydrogens (tertiary/aromatic N) is 3. The molecule has 1 aliphatic heterocycles. The fourth-order valence-electron chi connectivity index (χ4n) is 2.68. The first kappa shape index (κ1) is 15.1. The van der Waals surface area contributed by atoms with E-state index in [4.69, 9.17) is 5.10 Å². The summed E-state index contributed by atoms with van der Waals surface area (Å²) in [4.78, 5) is 2.42. The zero-order valence-corrected chi connectivity index (χ0v) is 14.3. The van der Waals surface area contributed by atoms with Gasteiger partial charge in [-0.15, -0.1) is 0 Å². The smallest absolute Gasteiger partial charge is 0.0647 e. The van der Waals surface area contributed by atoms with E-state index in [1.54, 1.807) is 0 Å². The van der Waals surface area contributed by atoms with Crippen molar-refractivity contribution in [1.29, 1.82) is 0 Å². The Balaban J connectivity index is 1.63. The molecule has 0 spiro atoms. The van der Waals surface area contributed by atoms with Gasteiger partial charge in [-0.2, -0.15) is 5.10 Å².